The Morgan fingerprint density at radius 2 is 2.00 bits per heavy atom. The zero-order valence-corrected chi connectivity index (χ0v) is 13.9. The number of hydrogen-bond acceptors (Lipinski definition) is 4. The van der Waals surface area contributed by atoms with Crippen molar-refractivity contribution in [1.29, 1.82) is 0 Å². The van der Waals surface area contributed by atoms with E-state index in [2.05, 4.69) is 16.4 Å². The number of thiazole rings is 1. The summed E-state index contributed by atoms with van der Waals surface area (Å²) < 4.78 is 1.18. The van der Waals surface area contributed by atoms with Gasteiger partial charge in [-0.05, 0) is 37.8 Å². The SMILES string of the molecule is O=C(CCCc1nc2ccccc2s1)NCC(=O)N1CCCC1. The van der Waals surface area contributed by atoms with Gasteiger partial charge in [-0.2, -0.15) is 0 Å². The first-order chi connectivity index (χ1) is 11.2. The van der Waals surface area contributed by atoms with Gasteiger partial charge in [-0.15, -0.1) is 11.3 Å². The van der Waals surface area contributed by atoms with E-state index in [1.807, 2.05) is 23.1 Å². The normalized spacial score (nSPS) is 14.3. The van der Waals surface area contributed by atoms with Crippen molar-refractivity contribution < 1.29 is 9.59 Å². The van der Waals surface area contributed by atoms with Crippen LogP contribution in [0.4, 0.5) is 0 Å². The monoisotopic (exact) mass is 331 g/mol. The quantitative estimate of drug-likeness (QED) is 0.884. The van der Waals surface area contributed by atoms with Crippen molar-refractivity contribution in [2.45, 2.75) is 32.1 Å². The highest BCUT2D eigenvalue weighted by molar-refractivity contribution is 7.18. The second-order valence-corrected chi connectivity index (χ2v) is 6.91. The minimum atomic E-state index is -0.0568. The lowest BCUT2D eigenvalue weighted by Crippen LogP contribution is -2.38. The minimum Gasteiger partial charge on any atom is -0.347 e. The fraction of sp³-hybridized carbons (Fsp3) is 0.471. The molecule has 1 aromatic carbocycles. The van der Waals surface area contributed by atoms with Gasteiger partial charge in [0.05, 0.1) is 21.8 Å². The Kier molecular flexibility index (Phi) is 5.23. The van der Waals surface area contributed by atoms with Gasteiger partial charge >= 0.3 is 0 Å². The standard InChI is InChI=1S/C17H21N3O2S/c21-15(18-12-17(22)20-10-3-4-11-20)8-5-9-16-19-13-6-1-2-7-14(13)23-16/h1-2,6-7H,3-5,8-12H2,(H,18,21). The van der Waals surface area contributed by atoms with Gasteiger partial charge < -0.3 is 10.2 Å². The van der Waals surface area contributed by atoms with Gasteiger partial charge in [0.15, 0.2) is 0 Å². The molecule has 1 saturated heterocycles. The Balaban J connectivity index is 1.38. The number of aromatic nitrogens is 1. The largest absolute Gasteiger partial charge is 0.347 e. The van der Waals surface area contributed by atoms with E-state index in [1.165, 1.54) is 4.70 Å². The number of benzene rings is 1. The molecule has 1 N–H and O–H groups in total. The van der Waals surface area contributed by atoms with Crippen LogP contribution in [-0.4, -0.2) is 41.3 Å². The Bertz CT molecular complexity index is 659. The number of nitrogens with zero attached hydrogens (tertiary/aromatic N) is 2. The molecule has 1 fully saturated rings. The van der Waals surface area contributed by atoms with Crippen LogP contribution in [-0.2, 0) is 16.0 Å². The summed E-state index contributed by atoms with van der Waals surface area (Å²) in [6, 6.07) is 8.06. The maximum absolute atomic E-state index is 11.8. The molecule has 0 saturated carbocycles. The summed E-state index contributed by atoms with van der Waals surface area (Å²) >= 11 is 1.68. The Hall–Kier alpha value is -1.95. The van der Waals surface area contributed by atoms with E-state index in [9.17, 15) is 9.59 Å². The van der Waals surface area contributed by atoms with Crippen LogP contribution in [0.25, 0.3) is 10.2 Å². The van der Waals surface area contributed by atoms with Crippen molar-refractivity contribution in [3.63, 3.8) is 0 Å². The summed E-state index contributed by atoms with van der Waals surface area (Å²) in [4.78, 5) is 30.1. The van der Waals surface area contributed by atoms with E-state index in [4.69, 9.17) is 0 Å². The molecule has 3 rings (SSSR count). The zero-order valence-electron chi connectivity index (χ0n) is 13.1. The summed E-state index contributed by atoms with van der Waals surface area (Å²) in [5.41, 5.74) is 1.02. The molecule has 1 aliphatic rings. The molecule has 1 aliphatic heterocycles. The van der Waals surface area contributed by atoms with E-state index in [1.54, 1.807) is 11.3 Å². The molecule has 0 unspecified atom stereocenters. The molecule has 6 heteroatoms. The summed E-state index contributed by atoms with van der Waals surface area (Å²) in [5.74, 6) is -0.0271. The van der Waals surface area contributed by atoms with Crippen LogP contribution in [0.3, 0.4) is 0 Å². The molecule has 122 valence electrons. The second-order valence-electron chi connectivity index (χ2n) is 5.79. The average Bonchev–Trinajstić information content (AvgIpc) is 3.21. The van der Waals surface area contributed by atoms with Crippen LogP contribution >= 0.6 is 11.3 Å². The number of para-hydroxylation sites is 1. The van der Waals surface area contributed by atoms with Crippen LogP contribution in [0.2, 0.25) is 0 Å². The van der Waals surface area contributed by atoms with E-state index in [0.29, 0.717) is 6.42 Å². The second kappa shape index (κ2) is 7.55. The molecule has 0 aliphatic carbocycles. The highest BCUT2D eigenvalue weighted by atomic mass is 32.1. The van der Waals surface area contributed by atoms with Gasteiger partial charge in [0.1, 0.15) is 0 Å². The number of amides is 2. The lowest BCUT2D eigenvalue weighted by Gasteiger charge is -2.15. The summed E-state index contributed by atoms with van der Waals surface area (Å²) in [7, 11) is 0. The number of aryl methyl sites for hydroxylation is 1. The summed E-state index contributed by atoms with van der Waals surface area (Å²) in [6.07, 6.45) is 4.13. The smallest absolute Gasteiger partial charge is 0.241 e. The van der Waals surface area contributed by atoms with Crippen molar-refractivity contribution in [3.05, 3.63) is 29.3 Å². The van der Waals surface area contributed by atoms with Crippen molar-refractivity contribution >= 4 is 33.4 Å². The Labute approximate surface area is 139 Å². The molecular weight excluding hydrogens is 310 g/mol. The Morgan fingerprint density at radius 3 is 2.78 bits per heavy atom. The molecule has 0 bridgehead atoms. The first-order valence-corrected chi connectivity index (χ1v) is 8.93. The number of fused-ring (bicyclic) bond motifs is 1. The van der Waals surface area contributed by atoms with Gasteiger partial charge in [-0.25, -0.2) is 4.98 Å². The molecule has 0 spiro atoms. The molecule has 0 atom stereocenters. The van der Waals surface area contributed by atoms with Crippen LogP contribution in [0.5, 0.6) is 0 Å². The van der Waals surface area contributed by atoms with Crippen LogP contribution in [0, 0.1) is 0 Å². The van der Waals surface area contributed by atoms with Crippen molar-refractivity contribution in [2.24, 2.45) is 0 Å². The van der Waals surface area contributed by atoms with Crippen LogP contribution in [0.1, 0.15) is 30.7 Å². The van der Waals surface area contributed by atoms with E-state index >= 15 is 0 Å². The molecule has 5 nitrogen and oxygen atoms in total. The van der Waals surface area contributed by atoms with E-state index in [-0.39, 0.29) is 18.4 Å². The number of likely N-dealkylation sites (tertiary alicyclic amines) is 1. The lowest BCUT2D eigenvalue weighted by atomic mass is 10.2. The molecule has 1 aromatic heterocycles. The Morgan fingerprint density at radius 1 is 1.22 bits per heavy atom. The molecule has 0 radical (unpaired) electrons. The number of nitrogens with one attached hydrogen (secondary N) is 1. The van der Waals surface area contributed by atoms with Crippen molar-refractivity contribution in [3.8, 4) is 0 Å². The maximum atomic E-state index is 11.8. The topological polar surface area (TPSA) is 62.3 Å². The summed E-state index contributed by atoms with van der Waals surface area (Å²) in [6.45, 7) is 1.78. The highest BCUT2D eigenvalue weighted by Gasteiger charge is 2.17. The van der Waals surface area contributed by atoms with E-state index in [0.717, 1.165) is 49.3 Å². The van der Waals surface area contributed by atoms with Gasteiger partial charge in [-0.3, -0.25) is 9.59 Å². The number of rotatable bonds is 6. The maximum Gasteiger partial charge on any atom is 0.241 e. The van der Waals surface area contributed by atoms with E-state index < -0.39 is 0 Å². The molecular formula is C17H21N3O2S. The van der Waals surface area contributed by atoms with Gasteiger partial charge in [0.25, 0.3) is 0 Å². The average molecular weight is 331 g/mol. The molecule has 2 amide bonds. The molecule has 23 heavy (non-hydrogen) atoms. The van der Waals surface area contributed by atoms with Crippen molar-refractivity contribution in [1.82, 2.24) is 15.2 Å². The number of hydrogen-bond donors (Lipinski definition) is 1. The van der Waals surface area contributed by atoms with Crippen molar-refractivity contribution in [2.75, 3.05) is 19.6 Å². The van der Waals surface area contributed by atoms with Gasteiger partial charge in [-0.1, -0.05) is 12.1 Å². The number of carbonyl (C=O) groups excluding carboxylic acids is 2. The first-order valence-electron chi connectivity index (χ1n) is 8.11. The van der Waals surface area contributed by atoms with Gasteiger partial charge in [0.2, 0.25) is 11.8 Å². The predicted molar refractivity (Wildman–Crippen MR) is 91.4 cm³/mol. The highest BCUT2D eigenvalue weighted by Crippen LogP contribution is 2.22. The van der Waals surface area contributed by atoms with Gasteiger partial charge in [0, 0.05) is 19.5 Å². The third-order valence-electron chi connectivity index (χ3n) is 4.03. The third kappa shape index (κ3) is 4.28. The third-order valence-corrected chi connectivity index (χ3v) is 5.12. The molecule has 2 aromatic rings. The fourth-order valence-corrected chi connectivity index (χ4v) is 3.78. The fourth-order valence-electron chi connectivity index (χ4n) is 2.77. The summed E-state index contributed by atoms with van der Waals surface area (Å²) in [5, 5.41) is 3.79. The minimum absolute atomic E-state index is 0.0297. The first kappa shape index (κ1) is 15.9. The predicted octanol–water partition coefficient (Wildman–Crippen LogP) is 2.36. The van der Waals surface area contributed by atoms with Crippen LogP contribution < -0.4 is 5.32 Å². The lowest BCUT2D eigenvalue weighted by molar-refractivity contribution is -0.132. The number of carbonyl (C=O) groups is 2. The zero-order chi connectivity index (χ0) is 16.1. The van der Waals surface area contributed by atoms with Crippen LogP contribution in [0.15, 0.2) is 24.3 Å². The molecule has 2 heterocycles.